The maximum Gasteiger partial charge on any atom is 0.331 e. The van der Waals surface area contributed by atoms with Crippen molar-refractivity contribution in [1.29, 1.82) is 0 Å². The lowest BCUT2D eigenvalue weighted by molar-refractivity contribution is -0.152. The van der Waals surface area contributed by atoms with E-state index in [-0.39, 0.29) is 18.4 Å². The summed E-state index contributed by atoms with van der Waals surface area (Å²) in [7, 11) is 1.34. The maximum atomic E-state index is 12.0. The van der Waals surface area contributed by atoms with Crippen LogP contribution < -0.4 is 5.32 Å². The van der Waals surface area contributed by atoms with Gasteiger partial charge < -0.3 is 10.1 Å². The summed E-state index contributed by atoms with van der Waals surface area (Å²) < 4.78 is 6.14. The van der Waals surface area contributed by atoms with Crippen molar-refractivity contribution in [3.8, 4) is 0 Å². The molecule has 1 aliphatic rings. The minimum absolute atomic E-state index is 0.00819. The molecule has 8 nitrogen and oxygen atoms in total. The first-order valence-corrected chi connectivity index (χ1v) is 6.26. The van der Waals surface area contributed by atoms with E-state index in [0.717, 1.165) is 19.3 Å². The van der Waals surface area contributed by atoms with Gasteiger partial charge in [-0.05, 0) is 23.3 Å². The fraction of sp³-hybridized carbons (Fsp3) is 0.727. The van der Waals surface area contributed by atoms with Crippen molar-refractivity contribution in [2.75, 3.05) is 7.11 Å². The minimum Gasteiger partial charge on any atom is -0.467 e. The van der Waals surface area contributed by atoms with Crippen LogP contribution in [0.25, 0.3) is 0 Å². The highest BCUT2D eigenvalue weighted by Crippen LogP contribution is 2.29. The number of tetrazole rings is 1. The van der Waals surface area contributed by atoms with Crippen molar-refractivity contribution in [3.63, 3.8) is 0 Å². The number of hydrogen-bond acceptors (Lipinski definition) is 6. The first-order valence-electron chi connectivity index (χ1n) is 6.26. The van der Waals surface area contributed by atoms with Crippen molar-refractivity contribution in [2.24, 2.45) is 0 Å². The van der Waals surface area contributed by atoms with Crippen LogP contribution in [-0.4, -0.2) is 44.7 Å². The van der Waals surface area contributed by atoms with Gasteiger partial charge in [0.1, 0.15) is 18.4 Å². The van der Waals surface area contributed by atoms with E-state index < -0.39 is 5.54 Å². The summed E-state index contributed by atoms with van der Waals surface area (Å²) in [6, 6.07) is 0. The number of aromatic nitrogens is 4. The van der Waals surface area contributed by atoms with Gasteiger partial charge in [-0.1, -0.05) is 19.3 Å². The predicted molar refractivity (Wildman–Crippen MR) is 63.8 cm³/mol. The molecule has 1 aliphatic carbocycles. The molecule has 0 radical (unpaired) electrons. The topological polar surface area (TPSA) is 99.0 Å². The summed E-state index contributed by atoms with van der Waals surface area (Å²) in [4.78, 5) is 23.9. The summed E-state index contributed by atoms with van der Waals surface area (Å²) >= 11 is 0. The van der Waals surface area contributed by atoms with Crippen LogP contribution >= 0.6 is 0 Å². The van der Waals surface area contributed by atoms with E-state index in [9.17, 15) is 9.59 Å². The Kier molecular flexibility index (Phi) is 4.08. The van der Waals surface area contributed by atoms with Crippen LogP contribution in [0.3, 0.4) is 0 Å². The Morgan fingerprint density at radius 1 is 1.37 bits per heavy atom. The molecule has 8 heteroatoms. The Morgan fingerprint density at radius 3 is 2.68 bits per heavy atom. The van der Waals surface area contributed by atoms with Gasteiger partial charge in [0.15, 0.2) is 0 Å². The van der Waals surface area contributed by atoms with Crippen molar-refractivity contribution in [1.82, 2.24) is 25.5 Å². The standard InChI is InChI=1S/C11H17N5O3/c1-19-10(18)11(5-3-2-4-6-11)13-9(17)7-16-8-12-14-15-16/h8H,2-7H2,1H3,(H,13,17). The van der Waals surface area contributed by atoms with E-state index in [1.807, 2.05) is 0 Å². The molecule has 0 bridgehead atoms. The van der Waals surface area contributed by atoms with Gasteiger partial charge in [-0.25, -0.2) is 9.48 Å². The summed E-state index contributed by atoms with van der Waals surface area (Å²) in [6.45, 7) is -0.00819. The van der Waals surface area contributed by atoms with E-state index in [0.29, 0.717) is 12.8 Å². The highest BCUT2D eigenvalue weighted by Gasteiger charge is 2.41. The number of carbonyl (C=O) groups is 2. The molecule has 1 amide bonds. The molecule has 1 saturated carbocycles. The van der Waals surface area contributed by atoms with Gasteiger partial charge in [0.05, 0.1) is 7.11 Å². The Labute approximate surface area is 110 Å². The molecule has 1 N–H and O–H groups in total. The molecule has 0 unspecified atom stereocenters. The van der Waals surface area contributed by atoms with Gasteiger partial charge in [0.25, 0.3) is 0 Å². The highest BCUT2D eigenvalue weighted by atomic mass is 16.5. The molecule has 1 fully saturated rings. The molecule has 1 aromatic heterocycles. The van der Waals surface area contributed by atoms with E-state index >= 15 is 0 Å². The summed E-state index contributed by atoms with van der Waals surface area (Å²) in [5.74, 6) is -0.670. The van der Waals surface area contributed by atoms with Crippen LogP contribution in [0.4, 0.5) is 0 Å². The highest BCUT2D eigenvalue weighted by molar-refractivity contribution is 5.88. The number of carbonyl (C=O) groups excluding carboxylic acids is 2. The minimum atomic E-state index is -0.891. The molecule has 2 rings (SSSR count). The maximum absolute atomic E-state index is 12.0. The van der Waals surface area contributed by atoms with E-state index in [4.69, 9.17) is 4.74 Å². The fourth-order valence-corrected chi connectivity index (χ4v) is 2.44. The van der Waals surface area contributed by atoms with Crippen LogP contribution in [0.1, 0.15) is 32.1 Å². The number of nitrogens with one attached hydrogen (secondary N) is 1. The molecule has 1 aromatic rings. The van der Waals surface area contributed by atoms with Gasteiger partial charge in [0, 0.05) is 0 Å². The number of rotatable bonds is 4. The number of esters is 1. The zero-order valence-corrected chi connectivity index (χ0v) is 10.8. The third-order valence-electron chi connectivity index (χ3n) is 3.36. The van der Waals surface area contributed by atoms with E-state index in [1.165, 1.54) is 18.1 Å². The van der Waals surface area contributed by atoms with Gasteiger partial charge in [-0.2, -0.15) is 0 Å². The fourth-order valence-electron chi connectivity index (χ4n) is 2.44. The SMILES string of the molecule is COC(=O)C1(NC(=O)Cn2cnnn2)CCCCC1. The van der Waals surface area contributed by atoms with Crippen molar-refractivity contribution in [3.05, 3.63) is 6.33 Å². The molecule has 0 aromatic carbocycles. The van der Waals surface area contributed by atoms with Crippen LogP contribution in [-0.2, 0) is 20.9 Å². The molecule has 0 saturated heterocycles. The molecule has 0 aliphatic heterocycles. The normalized spacial score (nSPS) is 17.7. The molecule has 0 spiro atoms. The Hall–Kier alpha value is -1.99. The van der Waals surface area contributed by atoms with Crippen LogP contribution in [0.5, 0.6) is 0 Å². The zero-order chi connectivity index (χ0) is 13.7. The first kappa shape index (κ1) is 13.4. The lowest BCUT2D eigenvalue weighted by atomic mass is 9.81. The lowest BCUT2D eigenvalue weighted by Gasteiger charge is -2.35. The molecule has 104 valence electrons. The zero-order valence-electron chi connectivity index (χ0n) is 10.8. The van der Waals surface area contributed by atoms with Crippen molar-refractivity contribution in [2.45, 2.75) is 44.2 Å². The number of amides is 1. The van der Waals surface area contributed by atoms with Crippen molar-refractivity contribution < 1.29 is 14.3 Å². The average Bonchev–Trinajstić information content (AvgIpc) is 2.91. The second kappa shape index (κ2) is 5.77. The number of ether oxygens (including phenoxy) is 1. The molecule has 19 heavy (non-hydrogen) atoms. The molecule has 0 atom stereocenters. The van der Waals surface area contributed by atoms with Crippen LogP contribution in [0, 0.1) is 0 Å². The van der Waals surface area contributed by atoms with Crippen LogP contribution in [0.15, 0.2) is 6.33 Å². The van der Waals surface area contributed by atoms with Gasteiger partial charge in [-0.15, -0.1) is 5.10 Å². The summed E-state index contributed by atoms with van der Waals surface area (Å²) in [5, 5.41) is 13.3. The third kappa shape index (κ3) is 3.07. The number of nitrogens with zero attached hydrogens (tertiary/aromatic N) is 4. The Bertz CT molecular complexity index is 439. The van der Waals surface area contributed by atoms with E-state index in [2.05, 4.69) is 20.8 Å². The second-order valence-corrected chi connectivity index (χ2v) is 4.69. The smallest absolute Gasteiger partial charge is 0.331 e. The van der Waals surface area contributed by atoms with E-state index in [1.54, 1.807) is 0 Å². The van der Waals surface area contributed by atoms with Gasteiger partial charge in [0.2, 0.25) is 5.91 Å². The Morgan fingerprint density at radius 2 is 2.11 bits per heavy atom. The van der Waals surface area contributed by atoms with Crippen LogP contribution in [0.2, 0.25) is 0 Å². The predicted octanol–water partition coefficient (Wildman–Crippen LogP) is -0.335. The third-order valence-corrected chi connectivity index (χ3v) is 3.36. The first-order chi connectivity index (χ1) is 9.16. The number of hydrogen-bond donors (Lipinski definition) is 1. The Balaban J connectivity index is 2.03. The lowest BCUT2D eigenvalue weighted by Crippen LogP contribution is -2.56. The monoisotopic (exact) mass is 267 g/mol. The van der Waals surface area contributed by atoms with Gasteiger partial charge >= 0.3 is 5.97 Å². The molecular weight excluding hydrogens is 250 g/mol. The second-order valence-electron chi connectivity index (χ2n) is 4.69. The van der Waals surface area contributed by atoms with Gasteiger partial charge in [-0.3, -0.25) is 4.79 Å². The molecule has 1 heterocycles. The molecular formula is C11H17N5O3. The van der Waals surface area contributed by atoms with Crippen molar-refractivity contribution >= 4 is 11.9 Å². The largest absolute Gasteiger partial charge is 0.467 e. The average molecular weight is 267 g/mol. The summed E-state index contributed by atoms with van der Waals surface area (Å²) in [6.07, 6.45) is 5.45. The summed E-state index contributed by atoms with van der Waals surface area (Å²) in [5.41, 5.74) is -0.891. The quantitative estimate of drug-likeness (QED) is 0.750. The number of methoxy groups -OCH3 is 1.